The lowest BCUT2D eigenvalue weighted by atomic mass is 10.1. The number of fused-ring (bicyclic) bond motifs is 1. The largest absolute Gasteiger partial charge is 0.475 e. The second kappa shape index (κ2) is 12.7. The van der Waals surface area contributed by atoms with Crippen LogP contribution in [0.25, 0.3) is 22.3 Å². The molecule has 39 heavy (non-hydrogen) atoms. The molecule has 1 aromatic carbocycles. The first-order chi connectivity index (χ1) is 19.1. The summed E-state index contributed by atoms with van der Waals surface area (Å²) in [5.74, 6) is 0.457. The molecule has 3 aromatic heterocycles. The molecule has 1 aliphatic rings. The van der Waals surface area contributed by atoms with E-state index < -0.39 is 6.09 Å². The molecule has 0 spiro atoms. The Morgan fingerprint density at radius 1 is 1.18 bits per heavy atom. The SMILES string of the molecule is CC(CCNC(=O)OCc1ccccc1)Oc1ccc2c(n1)c(-c1cncc(CO)c1)nn2C1CCCCO1. The van der Waals surface area contributed by atoms with Crippen molar-refractivity contribution in [3.8, 4) is 17.1 Å². The number of benzene rings is 1. The highest BCUT2D eigenvalue weighted by molar-refractivity contribution is 5.90. The zero-order chi connectivity index (χ0) is 27.0. The molecule has 2 unspecified atom stereocenters. The van der Waals surface area contributed by atoms with Crippen LogP contribution >= 0.6 is 0 Å². The number of ether oxygens (including phenoxy) is 3. The average Bonchev–Trinajstić information content (AvgIpc) is 3.36. The molecular weight excluding hydrogens is 498 g/mol. The zero-order valence-electron chi connectivity index (χ0n) is 22.0. The molecule has 1 saturated heterocycles. The minimum Gasteiger partial charge on any atom is -0.475 e. The predicted octanol–water partition coefficient (Wildman–Crippen LogP) is 4.77. The second-order valence-electron chi connectivity index (χ2n) is 9.58. The normalized spacial score (nSPS) is 16.1. The van der Waals surface area contributed by atoms with Crippen molar-refractivity contribution in [2.45, 2.75) is 58.2 Å². The summed E-state index contributed by atoms with van der Waals surface area (Å²) in [7, 11) is 0. The predicted molar refractivity (Wildman–Crippen MR) is 145 cm³/mol. The van der Waals surface area contributed by atoms with Crippen LogP contribution in [-0.2, 0) is 22.7 Å². The lowest BCUT2D eigenvalue weighted by Gasteiger charge is -2.23. The molecule has 0 bridgehead atoms. The van der Waals surface area contributed by atoms with Crippen molar-refractivity contribution in [2.24, 2.45) is 0 Å². The van der Waals surface area contributed by atoms with E-state index in [1.165, 1.54) is 0 Å². The van der Waals surface area contributed by atoms with E-state index >= 15 is 0 Å². The third-order valence-corrected chi connectivity index (χ3v) is 6.56. The standard InChI is InChI=1S/C29H33N5O5/c1-20(12-13-31-29(36)38-19-21-7-3-2-4-8-21)39-25-11-10-24-28(32-25)27(23-15-22(18-35)16-30-17-23)33-34(24)26-9-5-6-14-37-26/h2-4,7-8,10-11,15-17,20,26,35H,5-6,9,12-14,18-19H2,1H3,(H,31,36). The van der Waals surface area contributed by atoms with E-state index in [0.29, 0.717) is 42.2 Å². The van der Waals surface area contributed by atoms with Gasteiger partial charge in [0, 0.05) is 43.6 Å². The van der Waals surface area contributed by atoms with Crippen LogP contribution in [0.5, 0.6) is 5.88 Å². The second-order valence-corrected chi connectivity index (χ2v) is 9.58. The molecule has 2 atom stereocenters. The highest BCUT2D eigenvalue weighted by Gasteiger charge is 2.23. The molecule has 10 heteroatoms. The van der Waals surface area contributed by atoms with Crippen LogP contribution in [0.3, 0.4) is 0 Å². The Labute approximate surface area is 226 Å². The smallest absolute Gasteiger partial charge is 0.407 e. The van der Waals surface area contributed by atoms with Crippen molar-refractivity contribution in [1.29, 1.82) is 0 Å². The quantitative estimate of drug-likeness (QED) is 0.300. The molecular formula is C29H33N5O5. The minimum atomic E-state index is -0.466. The van der Waals surface area contributed by atoms with Crippen molar-refractivity contribution in [1.82, 2.24) is 25.1 Å². The molecule has 0 radical (unpaired) electrons. The molecule has 4 heterocycles. The summed E-state index contributed by atoms with van der Waals surface area (Å²) in [6.45, 7) is 3.14. The van der Waals surface area contributed by atoms with Crippen LogP contribution in [0.2, 0.25) is 0 Å². The number of nitrogens with one attached hydrogen (secondary N) is 1. The summed E-state index contributed by atoms with van der Waals surface area (Å²) in [6.07, 6.45) is 6.07. The van der Waals surface area contributed by atoms with Gasteiger partial charge in [-0.3, -0.25) is 4.98 Å². The van der Waals surface area contributed by atoms with E-state index in [4.69, 9.17) is 24.3 Å². The molecule has 1 fully saturated rings. The van der Waals surface area contributed by atoms with E-state index in [9.17, 15) is 9.90 Å². The Morgan fingerprint density at radius 2 is 2.05 bits per heavy atom. The van der Waals surface area contributed by atoms with Crippen LogP contribution in [-0.4, -0.2) is 50.2 Å². The van der Waals surface area contributed by atoms with Crippen molar-refractivity contribution in [2.75, 3.05) is 13.2 Å². The number of carbonyl (C=O) groups excluding carboxylic acids is 1. The Hall–Kier alpha value is -4.02. The average molecular weight is 532 g/mol. The summed E-state index contributed by atoms with van der Waals surface area (Å²) >= 11 is 0. The maximum absolute atomic E-state index is 12.0. The number of aliphatic hydroxyl groups is 1. The number of pyridine rings is 2. The van der Waals surface area contributed by atoms with E-state index in [-0.39, 0.29) is 25.5 Å². The first-order valence-corrected chi connectivity index (χ1v) is 13.3. The van der Waals surface area contributed by atoms with E-state index in [2.05, 4.69) is 10.3 Å². The highest BCUT2D eigenvalue weighted by atomic mass is 16.5. The van der Waals surface area contributed by atoms with Gasteiger partial charge in [-0.1, -0.05) is 30.3 Å². The molecule has 0 aliphatic carbocycles. The van der Waals surface area contributed by atoms with Crippen LogP contribution < -0.4 is 10.1 Å². The van der Waals surface area contributed by atoms with Crippen LogP contribution in [0, 0.1) is 0 Å². The molecule has 10 nitrogen and oxygen atoms in total. The van der Waals surface area contributed by atoms with Gasteiger partial charge in [-0.2, -0.15) is 5.10 Å². The zero-order valence-corrected chi connectivity index (χ0v) is 22.0. The Balaban J connectivity index is 1.26. The summed E-state index contributed by atoms with van der Waals surface area (Å²) < 4.78 is 19.3. The van der Waals surface area contributed by atoms with Crippen molar-refractivity contribution in [3.63, 3.8) is 0 Å². The highest BCUT2D eigenvalue weighted by Crippen LogP contribution is 2.33. The molecule has 4 aromatic rings. The third kappa shape index (κ3) is 6.71. The van der Waals surface area contributed by atoms with Gasteiger partial charge in [0.1, 0.15) is 17.8 Å². The fourth-order valence-electron chi connectivity index (χ4n) is 4.52. The molecule has 0 saturated carbocycles. The number of aliphatic hydroxyl groups excluding tert-OH is 1. The summed E-state index contributed by atoms with van der Waals surface area (Å²) in [6, 6.07) is 15.2. The lowest BCUT2D eigenvalue weighted by Crippen LogP contribution is -2.28. The molecule has 204 valence electrons. The van der Waals surface area contributed by atoms with Crippen LogP contribution in [0.4, 0.5) is 4.79 Å². The number of alkyl carbamates (subject to hydrolysis) is 1. The van der Waals surface area contributed by atoms with Gasteiger partial charge in [-0.15, -0.1) is 0 Å². The fourth-order valence-corrected chi connectivity index (χ4v) is 4.52. The molecule has 2 N–H and O–H groups in total. The van der Waals surface area contributed by atoms with Gasteiger partial charge >= 0.3 is 6.09 Å². The maximum atomic E-state index is 12.0. The number of nitrogens with zero attached hydrogens (tertiary/aromatic N) is 4. The van der Waals surface area contributed by atoms with Gasteiger partial charge in [-0.25, -0.2) is 14.5 Å². The van der Waals surface area contributed by atoms with Gasteiger partial charge in [-0.05, 0) is 49.4 Å². The number of amides is 1. The van der Waals surface area contributed by atoms with Gasteiger partial charge < -0.3 is 24.6 Å². The maximum Gasteiger partial charge on any atom is 0.407 e. The van der Waals surface area contributed by atoms with Gasteiger partial charge in [0.2, 0.25) is 5.88 Å². The van der Waals surface area contributed by atoms with Crippen molar-refractivity contribution in [3.05, 3.63) is 72.1 Å². The van der Waals surface area contributed by atoms with E-state index in [0.717, 1.165) is 35.9 Å². The summed E-state index contributed by atoms with van der Waals surface area (Å²) in [5.41, 5.74) is 4.56. The van der Waals surface area contributed by atoms with Gasteiger partial charge in [0.15, 0.2) is 6.23 Å². The lowest BCUT2D eigenvalue weighted by molar-refractivity contribution is -0.0365. The van der Waals surface area contributed by atoms with Gasteiger partial charge in [0.05, 0.1) is 18.2 Å². The van der Waals surface area contributed by atoms with Crippen molar-refractivity contribution < 1.29 is 24.1 Å². The first-order valence-electron chi connectivity index (χ1n) is 13.3. The van der Waals surface area contributed by atoms with E-state index in [1.54, 1.807) is 12.4 Å². The Bertz CT molecular complexity index is 1390. The topological polar surface area (TPSA) is 121 Å². The first kappa shape index (κ1) is 26.6. The van der Waals surface area contributed by atoms with Crippen LogP contribution in [0.15, 0.2) is 60.9 Å². The summed E-state index contributed by atoms with van der Waals surface area (Å²) in [4.78, 5) is 21.1. The minimum absolute atomic E-state index is 0.113. The number of carbonyl (C=O) groups is 1. The van der Waals surface area contributed by atoms with Crippen molar-refractivity contribution >= 4 is 17.1 Å². The molecule has 1 amide bonds. The Kier molecular flexibility index (Phi) is 8.65. The number of hydrogen-bond donors (Lipinski definition) is 2. The number of aromatic nitrogens is 4. The van der Waals surface area contributed by atoms with Crippen LogP contribution in [0.1, 0.15) is 50.0 Å². The summed E-state index contributed by atoms with van der Waals surface area (Å²) in [5, 5.41) is 17.2. The monoisotopic (exact) mass is 531 g/mol. The number of rotatable bonds is 10. The van der Waals surface area contributed by atoms with E-state index in [1.807, 2.05) is 60.1 Å². The molecule has 5 rings (SSSR count). The van der Waals surface area contributed by atoms with Gasteiger partial charge in [0.25, 0.3) is 0 Å². The number of hydrogen-bond acceptors (Lipinski definition) is 8. The fraction of sp³-hybridized carbons (Fsp3) is 0.379. The Morgan fingerprint density at radius 3 is 2.85 bits per heavy atom. The third-order valence-electron chi connectivity index (χ3n) is 6.56. The molecule has 1 aliphatic heterocycles.